The molecule has 0 aromatic heterocycles. The second-order valence-corrected chi connectivity index (χ2v) is 6.35. The lowest BCUT2D eigenvalue weighted by molar-refractivity contribution is -0.141. The maximum Gasteiger partial charge on any atom is 0.239 e. The van der Waals surface area contributed by atoms with Crippen LogP contribution >= 0.6 is 24.8 Å². The Morgan fingerprint density at radius 3 is 2.57 bits per heavy atom. The summed E-state index contributed by atoms with van der Waals surface area (Å²) in [7, 11) is 0. The van der Waals surface area contributed by atoms with Crippen LogP contribution in [0, 0.1) is 0 Å². The number of carbonyl (C=O) groups excluding carboxylic acids is 2. The molecule has 2 N–H and O–H groups in total. The fourth-order valence-corrected chi connectivity index (χ4v) is 3.70. The number of piperazine rings is 1. The minimum absolute atomic E-state index is 0. The van der Waals surface area contributed by atoms with Gasteiger partial charge in [-0.05, 0) is 32.2 Å². The third kappa shape index (κ3) is 4.95. The molecule has 1 unspecified atom stereocenters. The molecule has 0 aromatic carbocycles. The molecule has 0 radical (unpaired) electrons. The van der Waals surface area contributed by atoms with Crippen LogP contribution in [0.4, 0.5) is 0 Å². The summed E-state index contributed by atoms with van der Waals surface area (Å²) in [5.41, 5.74) is 0. The fourth-order valence-electron chi connectivity index (χ4n) is 3.70. The first-order chi connectivity index (χ1) is 10.3. The van der Waals surface area contributed by atoms with Gasteiger partial charge in [-0.3, -0.25) is 9.59 Å². The van der Waals surface area contributed by atoms with Gasteiger partial charge in [-0.2, -0.15) is 0 Å². The highest BCUT2D eigenvalue weighted by molar-refractivity contribution is 5.85. The normalized spacial score (nSPS) is 28.6. The second kappa shape index (κ2) is 9.67. The lowest BCUT2D eigenvalue weighted by Gasteiger charge is -2.42. The maximum atomic E-state index is 12.6. The molecule has 3 aliphatic heterocycles. The number of rotatable bonds is 2. The van der Waals surface area contributed by atoms with Crippen molar-refractivity contribution < 1.29 is 9.59 Å². The van der Waals surface area contributed by atoms with Crippen LogP contribution in [0.3, 0.4) is 0 Å². The molecule has 0 aliphatic carbocycles. The Bertz CT molecular complexity index is 405. The van der Waals surface area contributed by atoms with Crippen molar-refractivity contribution in [3.05, 3.63) is 0 Å². The molecule has 2 atom stereocenters. The number of nitrogens with one attached hydrogen (secondary N) is 2. The Balaban J connectivity index is 0.00000132. The molecule has 134 valence electrons. The Hall–Kier alpha value is -0.560. The highest BCUT2D eigenvalue weighted by Crippen LogP contribution is 2.19. The van der Waals surface area contributed by atoms with Gasteiger partial charge in [0.2, 0.25) is 11.8 Å². The van der Waals surface area contributed by atoms with Crippen molar-refractivity contribution in [2.75, 3.05) is 39.3 Å². The third-order valence-corrected chi connectivity index (χ3v) is 4.88. The fraction of sp³-hybridized carbons (Fsp3) is 0.867. The van der Waals surface area contributed by atoms with Crippen molar-refractivity contribution >= 4 is 36.6 Å². The van der Waals surface area contributed by atoms with Gasteiger partial charge in [0.1, 0.15) is 0 Å². The lowest BCUT2D eigenvalue weighted by atomic mass is 9.99. The zero-order chi connectivity index (χ0) is 14.7. The van der Waals surface area contributed by atoms with E-state index in [1.807, 2.05) is 9.80 Å². The summed E-state index contributed by atoms with van der Waals surface area (Å²) in [5, 5.41) is 6.45. The number of carbonyl (C=O) groups is 2. The van der Waals surface area contributed by atoms with E-state index in [0.717, 1.165) is 51.9 Å². The number of likely N-dealkylation sites (tertiary alicyclic amines) is 1. The van der Waals surface area contributed by atoms with Gasteiger partial charge in [-0.25, -0.2) is 0 Å². The molecule has 23 heavy (non-hydrogen) atoms. The van der Waals surface area contributed by atoms with Crippen molar-refractivity contribution in [3.8, 4) is 0 Å². The predicted octanol–water partition coefficient (Wildman–Crippen LogP) is 0.395. The van der Waals surface area contributed by atoms with Gasteiger partial charge in [0.05, 0.1) is 12.6 Å². The van der Waals surface area contributed by atoms with Crippen LogP contribution in [0.15, 0.2) is 0 Å². The van der Waals surface area contributed by atoms with Crippen molar-refractivity contribution in [1.29, 1.82) is 0 Å². The number of hydrogen-bond acceptors (Lipinski definition) is 4. The van der Waals surface area contributed by atoms with Crippen molar-refractivity contribution in [2.24, 2.45) is 0 Å². The van der Waals surface area contributed by atoms with Crippen LogP contribution in [-0.2, 0) is 9.59 Å². The van der Waals surface area contributed by atoms with Gasteiger partial charge in [-0.1, -0.05) is 6.42 Å². The van der Waals surface area contributed by atoms with Crippen LogP contribution in [0.5, 0.6) is 0 Å². The average molecular weight is 367 g/mol. The standard InChI is InChI=1S/C15H26N4O2.2ClH/c20-14-10-16-7-9-19(14)12-4-3-8-18(11-12)15(21)13-5-1-2-6-17-13;;/h12-13,16-17H,1-11H2;2*1H/t12?,13-;;/m1../s1. The third-order valence-electron chi connectivity index (χ3n) is 4.88. The molecule has 3 heterocycles. The average Bonchev–Trinajstić information content (AvgIpc) is 2.55. The molecular formula is C15H28Cl2N4O2. The first-order valence-electron chi connectivity index (χ1n) is 8.28. The summed E-state index contributed by atoms with van der Waals surface area (Å²) in [5.74, 6) is 0.415. The summed E-state index contributed by atoms with van der Waals surface area (Å²) in [4.78, 5) is 28.6. The van der Waals surface area contributed by atoms with Crippen LogP contribution < -0.4 is 10.6 Å². The lowest BCUT2D eigenvalue weighted by Crippen LogP contribution is -2.59. The molecule has 8 heteroatoms. The quantitative estimate of drug-likeness (QED) is 0.742. The van der Waals surface area contributed by atoms with E-state index < -0.39 is 0 Å². The van der Waals surface area contributed by atoms with Crippen molar-refractivity contribution in [3.63, 3.8) is 0 Å². The predicted molar refractivity (Wildman–Crippen MR) is 94.3 cm³/mol. The van der Waals surface area contributed by atoms with Crippen LogP contribution in [0.1, 0.15) is 32.1 Å². The molecule has 0 spiro atoms. The second-order valence-electron chi connectivity index (χ2n) is 6.35. The van der Waals surface area contributed by atoms with E-state index in [2.05, 4.69) is 10.6 Å². The molecule has 6 nitrogen and oxygen atoms in total. The van der Waals surface area contributed by atoms with E-state index in [-0.39, 0.29) is 48.7 Å². The summed E-state index contributed by atoms with van der Waals surface area (Å²) >= 11 is 0. The SMILES string of the molecule is Cl.Cl.O=C([C@H]1CCCCN1)N1CCCC(N2CCNCC2=O)C1. The molecule has 3 fully saturated rings. The van der Waals surface area contributed by atoms with Gasteiger partial charge < -0.3 is 20.4 Å². The molecular weight excluding hydrogens is 339 g/mol. The molecule has 3 aliphatic rings. The molecule has 2 amide bonds. The number of hydrogen-bond donors (Lipinski definition) is 2. The Kier molecular flexibility index (Phi) is 8.61. The van der Waals surface area contributed by atoms with E-state index in [4.69, 9.17) is 0 Å². The van der Waals surface area contributed by atoms with E-state index in [1.54, 1.807) is 0 Å². The maximum absolute atomic E-state index is 12.6. The zero-order valence-electron chi connectivity index (χ0n) is 13.5. The Morgan fingerprint density at radius 1 is 1.04 bits per heavy atom. The van der Waals surface area contributed by atoms with Crippen molar-refractivity contribution in [2.45, 2.75) is 44.2 Å². The number of piperidine rings is 2. The van der Waals surface area contributed by atoms with Crippen molar-refractivity contribution in [1.82, 2.24) is 20.4 Å². The summed E-state index contributed by atoms with van der Waals surface area (Å²) in [6, 6.07) is 0.206. The monoisotopic (exact) mass is 366 g/mol. The molecule has 0 aromatic rings. The first-order valence-corrected chi connectivity index (χ1v) is 8.28. The van der Waals surface area contributed by atoms with Crippen LogP contribution in [0.25, 0.3) is 0 Å². The summed E-state index contributed by atoms with van der Waals surface area (Å²) in [6.45, 7) is 4.57. The van der Waals surface area contributed by atoms with Gasteiger partial charge in [-0.15, -0.1) is 24.8 Å². The summed E-state index contributed by atoms with van der Waals surface area (Å²) in [6.07, 6.45) is 5.28. The Labute approximate surface area is 150 Å². The Morgan fingerprint density at radius 2 is 1.87 bits per heavy atom. The largest absolute Gasteiger partial charge is 0.339 e. The molecule has 3 rings (SSSR count). The first kappa shape index (κ1) is 20.5. The van der Waals surface area contributed by atoms with Gasteiger partial charge in [0.25, 0.3) is 0 Å². The van der Waals surface area contributed by atoms with E-state index in [1.165, 1.54) is 6.42 Å². The topological polar surface area (TPSA) is 64.7 Å². The molecule has 3 saturated heterocycles. The number of nitrogens with zero attached hydrogens (tertiary/aromatic N) is 2. The van der Waals surface area contributed by atoms with E-state index in [9.17, 15) is 9.59 Å². The minimum atomic E-state index is -0.00350. The van der Waals surface area contributed by atoms with E-state index >= 15 is 0 Å². The van der Waals surface area contributed by atoms with Crippen LogP contribution in [-0.4, -0.2) is 73.0 Å². The van der Waals surface area contributed by atoms with Crippen LogP contribution in [0.2, 0.25) is 0 Å². The highest BCUT2D eigenvalue weighted by atomic mass is 35.5. The zero-order valence-corrected chi connectivity index (χ0v) is 15.1. The minimum Gasteiger partial charge on any atom is -0.339 e. The van der Waals surface area contributed by atoms with Gasteiger partial charge in [0.15, 0.2) is 0 Å². The smallest absolute Gasteiger partial charge is 0.239 e. The number of amides is 2. The molecule has 0 saturated carbocycles. The highest BCUT2D eigenvalue weighted by Gasteiger charge is 2.34. The summed E-state index contributed by atoms with van der Waals surface area (Å²) < 4.78 is 0. The molecule has 0 bridgehead atoms. The van der Waals surface area contributed by atoms with Gasteiger partial charge >= 0.3 is 0 Å². The van der Waals surface area contributed by atoms with E-state index in [0.29, 0.717) is 13.1 Å². The number of halogens is 2. The van der Waals surface area contributed by atoms with Gasteiger partial charge in [0, 0.05) is 32.2 Å².